The Morgan fingerprint density at radius 3 is 2.55 bits per heavy atom. The van der Waals surface area contributed by atoms with Crippen molar-refractivity contribution in [3.63, 3.8) is 0 Å². The number of hydrogen-bond donors (Lipinski definition) is 1. The number of nitrogens with two attached hydrogens (primary N) is 1. The summed E-state index contributed by atoms with van der Waals surface area (Å²) in [5.41, 5.74) is 9.52. The Kier molecular flexibility index (Phi) is 3.17. The van der Waals surface area contributed by atoms with Crippen LogP contribution in [0.25, 0.3) is 10.8 Å². The average molecular weight is 261 g/mol. The number of rotatable bonds is 2. The number of nitrogens with zero attached hydrogens (tertiary/aromatic N) is 2. The molecule has 3 aromatic carbocycles. The van der Waals surface area contributed by atoms with E-state index in [9.17, 15) is 0 Å². The van der Waals surface area contributed by atoms with E-state index in [1.165, 1.54) is 0 Å². The van der Waals surface area contributed by atoms with Gasteiger partial charge in [0.25, 0.3) is 0 Å². The summed E-state index contributed by atoms with van der Waals surface area (Å²) in [6, 6.07) is 19.8. The van der Waals surface area contributed by atoms with Gasteiger partial charge in [-0.3, -0.25) is 0 Å². The molecule has 0 aromatic heterocycles. The second kappa shape index (κ2) is 5.13. The highest BCUT2D eigenvalue weighted by molar-refractivity contribution is 5.97. The molecule has 0 atom stereocenters. The predicted octanol–water partition coefficient (Wildman–Crippen LogP) is 5.15. The van der Waals surface area contributed by atoms with Crippen LogP contribution in [0.2, 0.25) is 0 Å². The lowest BCUT2D eigenvalue weighted by Crippen LogP contribution is -1.87. The third-order valence-electron chi connectivity index (χ3n) is 3.22. The first-order valence-corrected chi connectivity index (χ1v) is 6.50. The van der Waals surface area contributed by atoms with Crippen LogP contribution in [0.3, 0.4) is 0 Å². The molecule has 0 heterocycles. The van der Waals surface area contributed by atoms with E-state index in [-0.39, 0.29) is 0 Å². The first-order chi connectivity index (χ1) is 9.74. The van der Waals surface area contributed by atoms with Gasteiger partial charge in [0.05, 0.1) is 11.4 Å². The zero-order valence-corrected chi connectivity index (χ0v) is 11.2. The highest BCUT2D eigenvalue weighted by atomic mass is 15.1. The van der Waals surface area contributed by atoms with Crippen molar-refractivity contribution in [2.75, 3.05) is 5.73 Å². The monoisotopic (exact) mass is 261 g/mol. The third-order valence-corrected chi connectivity index (χ3v) is 3.22. The quantitative estimate of drug-likeness (QED) is 0.503. The van der Waals surface area contributed by atoms with E-state index < -0.39 is 0 Å². The minimum Gasteiger partial charge on any atom is -0.396 e. The Labute approximate surface area is 117 Å². The van der Waals surface area contributed by atoms with Crippen molar-refractivity contribution in [2.45, 2.75) is 6.92 Å². The molecule has 3 aromatic rings. The van der Waals surface area contributed by atoms with Crippen LogP contribution in [0.4, 0.5) is 17.1 Å². The summed E-state index contributed by atoms with van der Waals surface area (Å²) in [7, 11) is 0. The maximum Gasteiger partial charge on any atom is 0.109 e. The molecule has 20 heavy (non-hydrogen) atoms. The summed E-state index contributed by atoms with van der Waals surface area (Å²) in [6.45, 7) is 2.03. The van der Waals surface area contributed by atoms with Gasteiger partial charge >= 0.3 is 0 Å². The molecule has 2 N–H and O–H groups in total. The minimum atomic E-state index is 0.666. The minimum absolute atomic E-state index is 0.666. The van der Waals surface area contributed by atoms with Gasteiger partial charge in [-0.25, -0.2) is 0 Å². The third kappa shape index (κ3) is 2.38. The molecule has 0 fully saturated rings. The molecule has 98 valence electrons. The van der Waals surface area contributed by atoms with Crippen molar-refractivity contribution in [3.05, 3.63) is 66.2 Å². The highest BCUT2D eigenvalue weighted by Crippen LogP contribution is 2.31. The van der Waals surface area contributed by atoms with Crippen LogP contribution in [0.1, 0.15) is 5.56 Å². The SMILES string of the molecule is Cc1cccc(N=Nc2ccc3ccccc3c2N)c1. The van der Waals surface area contributed by atoms with Gasteiger partial charge in [-0.2, -0.15) is 5.11 Å². The lowest BCUT2D eigenvalue weighted by atomic mass is 10.1. The maximum atomic E-state index is 6.16. The molecule has 0 bridgehead atoms. The highest BCUT2D eigenvalue weighted by Gasteiger charge is 2.03. The van der Waals surface area contributed by atoms with Gasteiger partial charge in [-0.15, -0.1) is 5.11 Å². The van der Waals surface area contributed by atoms with Crippen LogP contribution in [-0.4, -0.2) is 0 Å². The molecular weight excluding hydrogens is 246 g/mol. The Morgan fingerprint density at radius 1 is 0.850 bits per heavy atom. The molecule has 0 amide bonds. The number of azo groups is 1. The van der Waals surface area contributed by atoms with E-state index in [1.54, 1.807) is 0 Å². The standard InChI is InChI=1S/C17H15N3/c1-12-5-4-7-14(11-12)19-20-16-10-9-13-6-2-3-8-15(13)17(16)18/h2-11H,18H2,1H3. The van der Waals surface area contributed by atoms with E-state index >= 15 is 0 Å². The Morgan fingerprint density at radius 2 is 1.70 bits per heavy atom. The molecule has 0 aliphatic carbocycles. The fraction of sp³-hybridized carbons (Fsp3) is 0.0588. The van der Waals surface area contributed by atoms with E-state index in [0.717, 1.165) is 22.0 Å². The number of anilines is 1. The van der Waals surface area contributed by atoms with E-state index in [2.05, 4.69) is 10.2 Å². The first-order valence-electron chi connectivity index (χ1n) is 6.50. The molecule has 3 nitrogen and oxygen atoms in total. The van der Waals surface area contributed by atoms with Crippen LogP contribution in [-0.2, 0) is 0 Å². The predicted molar refractivity (Wildman–Crippen MR) is 83.7 cm³/mol. The van der Waals surface area contributed by atoms with E-state index in [1.807, 2.05) is 67.6 Å². The molecule has 0 aliphatic rings. The van der Waals surface area contributed by atoms with Crippen molar-refractivity contribution in [1.82, 2.24) is 0 Å². The summed E-state index contributed by atoms with van der Waals surface area (Å²) in [5.74, 6) is 0. The van der Waals surface area contributed by atoms with Gasteiger partial charge in [0, 0.05) is 5.39 Å². The number of fused-ring (bicyclic) bond motifs is 1. The summed E-state index contributed by atoms with van der Waals surface area (Å²) < 4.78 is 0. The summed E-state index contributed by atoms with van der Waals surface area (Å²) in [6.07, 6.45) is 0. The molecule has 0 unspecified atom stereocenters. The number of benzene rings is 3. The molecule has 0 saturated carbocycles. The average Bonchev–Trinajstić information content (AvgIpc) is 2.47. The van der Waals surface area contributed by atoms with Crippen LogP contribution >= 0.6 is 0 Å². The van der Waals surface area contributed by atoms with E-state index in [0.29, 0.717) is 11.4 Å². The zero-order chi connectivity index (χ0) is 13.9. The maximum absolute atomic E-state index is 6.16. The largest absolute Gasteiger partial charge is 0.396 e. The van der Waals surface area contributed by atoms with Crippen molar-refractivity contribution in [3.8, 4) is 0 Å². The molecular formula is C17H15N3. The van der Waals surface area contributed by atoms with Gasteiger partial charge in [-0.1, -0.05) is 42.5 Å². The van der Waals surface area contributed by atoms with E-state index in [4.69, 9.17) is 5.73 Å². The normalized spacial score (nSPS) is 11.2. The van der Waals surface area contributed by atoms with Gasteiger partial charge in [0.2, 0.25) is 0 Å². The van der Waals surface area contributed by atoms with Crippen molar-refractivity contribution >= 4 is 27.8 Å². The smallest absolute Gasteiger partial charge is 0.109 e. The van der Waals surface area contributed by atoms with Crippen LogP contribution in [0, 0.1) is 6.92 Å². The topological polar surface area (TPSA) is 50.7 Å². The zero-order valence-electron chi connectivity index (χ0n) is 11.2. The van der Waals surface area contributed by atoms with Crippen LogP contribution < -0.4 is 5.73 Å². The molecule has 0 saturated heterocycles. The summed E-state index contributed by atoms with van der Waals surface area (Å²) >= 11 is 0. The molecule has 0 spiro atoms. The summed E-state index contributed by atoms with van der Waals surface area (Å²) in [5, 5.41) is 10.6. The molecule has 3 rings (SSSR count). The van der Waals surface area contributed by atoms with Gasteiger partial charge in [0.1, 0.15) is 5.69 Å². The second-order valence-corrected chi connectivity index (χ2v) is 4.76. The lowest BCUT2D eigenvalue weighted by molar-refractivity contribution is 1.23. The van der Waals surface area contributed by atoms with Gasteiger partial charge in [-0.05, 0) is 36.1 Å². The van der Waals surface area contributed by atoms with Gasteiger partial charge in [0.15, 0.2) is 0 Å². The molecule has 3 heteroatoms. The Hall–Kier alpha value is -2.68. The number of hydrogen-bond acceptors (Lipinski definition) is 3. The number of aryl methyl sites for hydroxylation is 1. The van der Waals surface area contributed by atoms with Crippen LogP contribution in [0.15, 0.2) is 70.9 Å². The summed E-state index contributed by atoms with van der Waals surface area (Å²) in [4.78, 5) is 0. The molecule has 0 radical (unpaired) electrons. The number of nitrogen functional groups attached to an aromatic ring is 1. The molecule has 0 aliphatic heterocycles. The van der Waals surface area contributed by atoms with Crippen molar-refractivity contribution < 1.29 is 0 Å². The second-order valence-electron chi connectivity index (χ2n) is 4.76. The Bertz CT molecular complexity index is 791. The first kappa shape index (κ1) is 12.4. The Balaban J connectivity index is 2.01. The van der Waals surface area contributed by atoms with Crippen LogP contribution in [0.5, 0.6) is 0 Å². The fourth-order valence-corrected chi connectivity index (χ4v) is 2.17. The lowest BCUT2D eigenvalue weighted by Gasteiger charge is -2.04. The fourth-order valence-electron chi connectivity index (χ4n) is 2.17. The van der Waals surface area contributed by atoms with Gasteiger partial charge < -0.3 is 5.73 Å². The van der Waals surface area contributed by atoms with Crippen molar-refractivity contribution in [1.29, 1.82) is 0 Å². The van der Waals surface area contributed by atoms with Crippen molar-refractivity contribution in [2.24, 2.45) is 10.2 Å².